The first-order chi connectivity index (χ1) is 28.4. The van der Waals surface area contributed by atoms with E-state index < -0.39 is 21.2 Å². The number of fused-ring (bicyclic) bond motifs is 8. The van der Waals surface area contributed by atoms with Crippen molar-refractivity contribution in [1.29, 1.82) is 0 Å². The van der Waals surface area contributed by atoms with E-state index in [-0.39, 0.29) is 33.8 Å². The number of ether oxygens (including phenoxy) is 1. The fourth-order valence-corrected chi connectivity index (χ4v) is 17.7. The van der Waals surface area contributed by atoms with Gasteiger partial charge in [0.25, 0.3) is 0 Å². The van der Waals surface area contributed by atoms with Gasteiger partial charge in [-0.1, -0.05) is 71.1 Å². The second kappa shape index (κ2) is 15.0. The maximum Gasteiger partial charge on any atom is 0.313 e. The summed E-state index contributed by atoms with van der Waals surface area (Å²) >= 11 is 1.40. The van der Waals surface area contributed by atoms with E-state index >= 15 is 0 Å². The average Bonchev–Trinajstić information content (AvgIpc) is 3.80. The molecule has 1 aromatic heterocycles. The number of hydrogen-bond donors (Lipinski definition) is 2. The summed E-state index contributed by atoms with van der Waals surface area (Å²) in [6.45, 7) is 23.3. The van der Waals surface area contributed by atoms with Crippen LogP contribution >= 0.6 is 11.5 Å². The number of hydrogen-bond acceptors (Lipinski definition) is 8. The standard InChI is InChI=1S/C50H71N3O5S2/c1-33(2)35-16-23-50(51-26-27-53-28-30-60(56,57)31-29-53)25-24-47(6)38(42(35)50)12-13-41-46(5)19-17-37(45(3,4)40(46)18-20-48(41,47)7)34-14-21-49(22-15-34,44(54)55)32-58-43-36-10-8-9-11-39(36)59-52-43/h8-11,14,17,35,38,40-42,51H,1,12-13,15-16,18-32H2,2-7H3,(H,54,55)/t35-,38+,40-,41+,42+,46-,47+,48+,49?,50-/m0/s1. The van der Waals surface area contributed by atoms with Crippen LogP contribution in [0.15, 0.2) is 59.7 Å². The van der Waals surface area contributed by atoms with E-state index in [1.807, 2.05) is 24.3 Å². The number of nitrogens with zero attached hydrogens (tertiary/aromatic N) is 2. The maximum absolute atomic E-state index is 12.9. The monoisotopic (exact) mass is 857 g/mol. The lowest BCUT2D eigenvalue weighted by Crippen LogP contribution is -2.68. The van der Waals surface area contributed by atoms with Gasteiger partial charge in [0.05, 0.1) is 21.6 Å². The van der Waals surface area contributed by atoms with Crippen molar-refractivity contribution in [2.24, 2.45) is 56.7 Å². The molecule has 5 fully saturated rings. The molecule has 10 atom stereocenters. The molecule has 1 aromatic carbocycles. The predicted octanol–water partition coefficient (Wildman–Crippen LogP) is 10.1. The number of allylic oxidation sites excluding steroid dienone is 5. The molecule has 7 aliphatic rings. The largest absolute Gasteiger partial charge is 0.481 e. The van der Waals surface area contributed by atoms with Gasteiger partial charge in [-0.3, -0.25) is 4.79 Å². The summed E-state index contributed by atoms with van der Waals surface area (Å²) in [6.07, 6.45) is 17.8. The molecule has 9 rings (SSSR count). The zero-order valence-electron chi connectivity index (χ0n) is 37.3. The van der Waals surface area contributed by atoms with Gasteiger partial charge in [-0.25, -0.2) is 8.42 Å². The Morgan fingerprint density at radius 2 is 1.72 bits per heavy atom. The fourth-order valence-electron chi connectivity index (χ4n) is 15.7. The topological polar surface area (TPSA) is 109 Å². The van der Waals surface area contributed by atoms with Gasteiger partial charge < -0.3 is 20.1 Å². The van der Waals surface area contributed by atoms with Crippen LogP contribution in [0.5, 0.6) is 5.88 Å². The second-order valence-electron chi connectivity index (χ2n) is 22.1. The summed E-state index contributed by atoms with van der Waals surface area (Å²) < 4.78 is 36.0. The lowest BCUT2D eigenvalue weighted by molar-refractivity contribution is -0.221. The van der Waals surface area contributed by atoms with Crippen LogP contribution in [0.3, 0.4) is 0 Å². The van der Waals surface area contributed by atoms with Crippen molar-refractivity contribution in [3.63, 3.8) is 0 Å². The molecule has 2 N–H and O–H groups in total. The zero-order chi connectivity index (χ0) is 42.5. The number of sulfone groups is 1. The number of carboxylic acids is 1. The Labute approximate surface area is 364 Å². The minimum Gasteiger partial charge on any atom is -0.481 e. The van der Waals surface area contributed by atoms with Crippen molar-refractivity contribution >= 4 is 37.4 Å². The highest BCUT2D eigenvalue weighted by Crippen LogP contribution is 2.76. The zero-order valence-corrected chi connectivity index (χ0v) is 38.9. The first kappa shape index (κ1) is 42.8. The summed E-state index contributed by atoms with van der Waals surface area (Å²) in [5, 5.41) is 15.8. The first-order valence-electron chi connectivity index (χ1n) is 23.3. The minimum absolute atomic E-state index is 0.00215. The molecule has 2 heterocycles. The van der Waals surface area contributed by atoms with Crippen LogP contribution in [0.4, 0.5) is 0 Å². The Hall–Kier alpha value is -2.53. The van der Waals surface area contributed by atoms with Crippen molar-refractivity contribution in [3.8, 4) is 5.88 Å². The van der Waals surface area contributed by atoms with E-state index in [0.717, 1.165) is 36.0 Å². The van der Waals surface area contributed by atoms with Crippen LogP contribution in [0, 0.1) is 56.7 Å². The Kier molecular flexibility index (Phi) is 10.7. The van der Waals surface area contributed by atoms with Gasteiger partial charge in [0.15, 0.2) is 9.84 Å². The SMILES string of the molecule is C=C(C)[C@@H]1CC[C@]2(NCCN3CCS(=O)(=O)CC3)CC[C@]3(C)[C@H](CC[C@@H]4[C@@]5(C)CC=C(C6=CCC(COc7nsc8ccccc78)(C(=O)O)CC6)C(C)(C)[C@@H]5CC[C@]43C)[C@@H]12. The Morgan fingerprint density at radius 1 is 0.950 bits per heavy atom. The van der Waals surface area contributed by atoms with Gasteiger partial charge in [-0.2, -0.15) is 4.37 Å². The molecular weight excluding hydrogens is 787 g/mol. The second-order valence-corrected chi connectivity index (χ2v) is 25.2. The van der Waals surface area contributed by atoms with Gasteiger partial charge >= 0.3 is 5.97 Å². The quantitative estimate of drug-likeness (QED) is 0.228. The van der Waals surface area contributed by atoms with E-state index in [2.05, 4.69) is 74.9 Å². The van der Waals surface area contributed by atoms with Gasteiger partial charge in [-0.05, 0) is 170 Å². The summed E-state index contributed by atoms with van der Waals surface area (Å²) in [5.74, 6) is 3.38. The van der Waals surface area contributed by atoms with E-state index in [0.29, 0.717) is 72.9 Å². The Morgan fingerprint density at radius 3 is 2.43 bits per heavy atom. The molecule has 4 saturated carbocycles. The van der Waals surface area contributed by atoms with Crippen LogP contribution in [-0.2, 0) is 14.6 Å². The molecule has 0 radical (unpaired) electrons. The van der Waals surface area contributed by atoms with Gasteiger partial charge in [0.2, 0.25) is 5.88 Å². The summed E-state index contributed by atoms with van der Waals surface area (Å²) in [7, 11) is -2.88. The van der Waals surface area contributed by atoms with E-state index in [9.17, 15) is 18.3 Å². The van der Waals surface area contributed by atoms with Crippen LogP contribution < -0.4 is 10.1 Å². The van der Waals surface area contributed by atoms with Crippen molar-refractivity contribution in [3.05, 3.63) is 59.7 Å². The predicted molar refractivity (Wildman–Crippen MR) is 243 cm³/mol. The first-order valence-corrected chi connectivity index (χ1v) is 25.9. The van der Waals surface area contributed by atoms with Crippen LogP contribution in [-0.4, -0.2) is 78.6 Å². The number of aromatic nitrogens is 1. The van der Waals surface area contributed by atoms with E-state index in [1.165, 1.54) is 79.6 Å². The lowest BCUT2D eigenvalue weighted by atomic mass is 9.33. The highest BCUT2D eigenvalue weighted by molar-refractivity contribution is 7.91. The van der Waals surface area contributed by atoms with Gasteiger partial charge in [0.1, 0.15) is 12.0 Å². The number of aliphatic carboxylic acids is 1. The molecule has 1 unspecified atom stereocenters. The molecule has 6 aliphatic carbocycles. The molecule has 328 valence electrons. The molecular formula is C50H71N3O5S2. The minimum atomic E-state index is -2.88. The third-order valence-corrected chi connectivity index (χ3v) is 21.6. The third kappa shape index (κ3) is 6.64. The highest BCUT2D eigenvalue weighted by atomic mass is 32.2. The molecule has 1 aliphatic heterocycles. The van der Waals surface area contributed by atoms with Crippen molar-refractivity contribution in [1.82, 2.24) is 14.6 Å². The molecule has 10 heteroatoms. The molecule has 60 heavy (non-hydrogen) atoms. The number of benzene rings is 1. The Bertz CT molecular complexity index is 2200. The summed E-state index contributed by atoms with van der Waals surface area (Å²) in [5.41, 5.74) is 4.07. The van der Waals surface area contributed by atoms with Gasteiger partial charge in [-0.15, -0.1) is 0 Å². The third-order valence-electron chi connectivity index (χ3n) is 19.2. The maximum atomic E-state index is 12.9. The van der Waals surface area contributed by atoms with Crippen molar-refractivity contribution in [2.45, 2.75) is 124 Å². The van der Waals surface area contributed by atoms with Crippen LogP contribution in [0.1, 0.15) is 119 Å². The summed E-state index contributed by atoms with van der Waals surface area (Å²) in [6, 6.07) is 7.99. The van der Waals surface area contributed by atoms with Gasteiger partial charge in [0, 0.05) is 31.7 Å². The average molecular weight is 858 g/mol. The van der Waals surface area contributed by atoms with E-state index in [1.54, 1.807) is 0 Å². The number of carboxylic acid groups (broad SMARTS) is 1. The Balaban J connectivity index is 0.929. The van der Waals surface area contributed by atoms with Crippen molar-refractivity contribution < 1.29 is 23.1 Å². The smallest absolute Gasteiger partial charge is 0.313 e. The van der Waals surface area contributed by atoms with Crippen LogP contribution in [0.2, 0.25) is 0 Å². The summed E-state index contributed by atoms with van der Waals surface area (Å²) in [4.78, 5) is 15.3. The molecule has 8 nitrogen and oxygen atoms in total. The van der Waals surface area contributed by atoms with Crippen molar-refractivity contribution in [2.75, 3.05) is 44.3 Å². The number of rotatable bonds is 10. The molecule has 0 amide bonds. The molecule has 0 spiro atoms. The number of nitrogens with one attached hydrogen (secondary N) is 1. The normalized spacial score (nSPS) is 40.9. The lowest BCUT2D eigenvalue weighted by Gasteiger charge is -2.72. The molecule has 0 bridgehead atoms. The molecule has 2 aromatic rings. The van der Waals surface area contributed by atoms with Crippen LogP contribution in [0.25, 0.3) is 10.1 Å². The molecule has 1 saturated heterocycles. The highest BCUT2D eigenvalue weighted by Gasteiger charge is 2.70. The fraction of sp³-hybridized carbons (Fsp3) is 0.720. The number of carbonyl (C=O) groups is 1. The van der Waals surface area contributed by atoms with E-state index in [4.69, 9.17) is 4.74 Å².